The molecule has 7 heteroatoms. The van der Waals surface area contributed by atoms with Crippen molar-refractivity contribution < 1.29 is 9.90 Å². The summed E-state index contributed by atoms with van der Waals surface area (Å²) in [4.78, 5) is 20.8. The molecule has 30 heavy (non-hydrogen) atoms. The van der Waals surface area contributed by atoms with Gasteiger partial charge in [0.25, 0.3) is 0 Å². The van der Waals surface area contributed by atoms with Crippen molar-refractivity contribution in [3.8, 4) is 6.07 Å². The first-order chi connectivity index (χ1) is 14.3. The molecule has 1 unspecified atom stereocenters. The minimum Gasteiger partial charge on any atom is -0.390 e. The molecular formula is C23H23N5O2. The summed E-state index contributed by atoms with van der Waals surface area (Å²) in [6, 6.07) is 13.6. The van der Waals surface area contributed by atoms with Gasteiger partial charge < -0.3 is 15.7 Å². The Hall–Kier alpha value is -3.50. The Bertz CT molecular complexity index is 1160. The van der Waals surface area contributed by atoms with Crippen molar-refractivity contribution in [3.05, 3.63) is 59.4 Å². The summed E-state index contributed by atoms with van der Waals surface area (Å²) < 4.78 is 0. The molecule has 0 aliphatic heterocycles. The smallest absolute Gasteiger partial charge is 0.227 e. The fourth-order valence-electron chi connectivity index (χ4n) is 3.83. The molecule has 0 bridgehead atoms. The number of nitrogens with zero attached hydrogens (tertiary/aromatic N) is 3. The Morgan fingerprint density at radius 1 is 1.20 bits per heavy atom. The van der Waals surface area contributed by atoms with Crippen LogP contribution in [0.5, 0.6) is 0 Å². The maximum atomic E-state index is 12.1. The van der Waals surface area contributed by atoms with Gasteiger partial charge in [0.1, 0.15) is 12.1 Å². The lowest BCUT2D eigenvalue weighted by atomic mass is 10.0. The van der Waals surface area contributed by atoms with Gasteiger partial charge in [-0.1, -0.05) is 6.07 Å². The zero-order chi connectivity index (χ0) is 21.3. The topological polar surface area (TPSA) is 111 Å². The third-order valence-corrected chi connectivity index (χ3v) is 5.12. The summed E-state index contributed by atoms with van der Waals surface area (Å²) in [6.07, 6.45) is 3.21. The Kier molecular flexibility index (Phi) is 5.10. The molecule has 2 aromatic carbocycles. The average molecular weight is 401 g/mol. The van der Waals surface area contributed by atoms with E-state index in [0.717, 1.165) is 29.4 Å². The molecule has 1 aromatic heterocycles. The fraction of sp³-hybridized carbons (Fsp3) is 0.304. The van der Waals surface area contributed by atoms with Gasteiger partial charge in [0.05, 0.1) is 29.2 Å². The molecule has 0 spiro atoms. The lowest BCUT2D eigenvalue weighted by Gasteiger charge is -2.16. The number of nitrogens with one attached hydrogen (secondary N) is 2. The van der Waals surface area contributed by atoms with Crippen LogP contribution in [-0.4, -0.2) is 32.6 Å². The van der Waals surface area contributed by atoms with Crippen LogP contribution in [0.2, 0.25) is 0 Å². The van der Waals surface area contributed by atoms with Gasteiger partial charge in [0.15, 0.2) is 0 Å². The van der Waals surface area contributed by atoms with Crippen molar-refractivity contribution >= 4 is 28.3 Å². The Balaban J connectivity index is 1.49. The van der Waals surface area contributed by atoms with E-state index in [-0.39, 0.29) is 18.4 Å². The first-order valence-corrected chi connectivity index (χ1v) is 9.86. The van der Waals surface area contributed by atoms with E-state index in [1.54, 1.807) is 26.0 Å². The van der Waals surface area contributed by atoms with Gasteiger partial charge in [-0.05, 0) is 68.1 Å². The molecule has 0 radical (unpaired) electrons. The maximum Gasteiger partial charge on any atom is 0.227 e. The monoisotopic (exact) mass is 401 g/mol. The number of hydrogen-bond donors (Lipinski definition) is 3. The highest BCUT2D eigenvalue weighted by molar-refractivity contribution is 5.91. The van der Waals surface area contributed by atoms with E-state index in [0.29, 0.717) is 11.4 Å². The molecule has 1 aliphatic rings. The van der Waals surface area contributed by atoms with Crippen molar-refractivity contribution in [2.45, 2.75) is 44.8 Å². The zero-order valence-corrected chi connectivity index (χ0v) is 16.9. The molecule has 3 N–H and O–H groups in total. The van der Waals surface area contributed by atoms with E-state index in [2.05, 4.69) is 26.7 Å². The highest BCUT2D eigenvalue weighted by Crippen LogP contribution is 2.29. The van der Waals surface area contributed by atoms with Gasteiger partial charge in [-0.3, -0.25) is 4.79 Å². The number of aromatic nitrogens is 2. The zero-order valence-electron chi connectivity index (χ0n) is 16.9. The van der Waals surface area contributed by atoms with Crippen LogP contribution >= 0.6 is 0 Å². The second kappa shape index (κ2) is 7.73. The molecule has 152 valence electrons. The number of benzene rings is 2. The van der Waals surface area contributed by atoms with Gasteiger partial charge in [-0.15, -0.1) is 0 Å². The molecule has 4 rings (SSSR count). The van der Waals surface area contributed by atoms with Gasteiger partial charge in [0.2, 0.25) is 5.91 Å². The number of anilines is 2. The molecule has 3 aromatic rings. The van der Waals surface area contributed by atoms with Gasteiger partial charge >= 0.3 is 0 Å². The summed E-state index contributed by atoms with van der Waals surface area (Å²) in [6.45, 7) is 3.23. The lowest BCUT2D eigenvalue weighted by molar-refractivity contribution is -0.119. The fourth-order valence-corrected chi connectivity index (χ4v) is 3.83. The third-order valence-electron chi connectivity index (χ3n) is 5.12. The first kappa shape index (κ1) is 19.8. The van der Waals surface area contributed by atoms with E-state index in [1.165, 1.54) is 17.5 Å². The molecule has 1 heterocycles. The minimum atomic E-state index is -1.04. The van der Waals surface area contributed by atoms with Crippen LogP contribution in [0.15, 0.2) is 42.7 Å². The van der Waals surface area contributed by atoms with Crippen LogP contribution in [0.25, 0.3) is 10.9 Å². The summed E-state index contributed by atoms with van der Waals surface area (Å²) in [5.41, 5.74) is 3.45. The summed E-state index contributed by atoms with van der Waals surface area (Å²) >= 11 is 0. The van der Waals surface area contributed by atoms with E-state index in [1.807, 2.05) is 24.3 Å². The van der Waals surface area contributed by atoms with Gasteiger partial charge in [0, 0.05) is 17.1 Å². The van der Waals surface area contributed by atoms with E-state index in [9.17, 15) is 15.2 Å². The third kappa shape index (κ3) is 4.39. The molecule has 1 aliphatic carbocycles. The number of amides is 1. The molecule has 0 fully saturated rings. The Labute approximate surface area is 174 Å². The minimum absolute atomic E-state index is 0.0414. The van der Waals surface area contributed by atoms with E-state index < -0.39 is 5.60 Å². The van der Waals surface area contributed by atoms with E-state index in [4.69, 9.17) is 0 Å². The quantitative estimate of drug-likeness (QED) is 0.606. The molecule has 1 atom stereocenters. The normalized spacial score (nSPS) is 15.5. The number of carbonyl (C=O) groups excluding carboxylic acids is 1. The first-order valence-electron chi connectivity index (χ1n) is 9.86. The summed E-state index contributed by atoms with van der Waals surface area (Å²) in [5.74, 6) is 0.504. The highest BCUT2D eigenvalue weighted by Gasteiger charge is 2.23. The SMILES string of the molecule is CC(C)(O)CC(=O)Nc1ccc2c(c1)CC(Nc1ncnc3ccc(C#N)cc13)C2. The van der Waals surface area contributed by atoms with Crippen molar-refractivity contribution in [3.63, 3.8) is 0 Å². The van der Waals surface area contributed by atoms with Crippen molar-refractivity contribution in [1.29, 1.82) is 5.26 Å². The average Bonchev–Trinajstić information content (AvgIpc) is 3.08. The molecule has 1 amide bonds. The Morgan fingerprint density at radius 2 is 2.00 bits per heavy atom. The van der Waals surface area contributed by atoms with Crippen LogP contribution in [-0.2, 0) is 17.6 Å². The largest absolute Gasteiger partial charge is 0.390 e. The number of carbonyl (C=O) groups is 1. The van der Waals surface area contributed by atoms with Crippen molar-refractivity contribution in [2.75, 3.05) is 10.6 Å². The number of aliphatic hydroxyl groups is 1. The van der Waals surface area contributed by atoms with Crippen LogP contribution in [0.4, 0.5) is 11.5 Å². The van der Waals surface area contributed by atoms with Gasteiger partial charge in [-0.2, -0.15) is 5.26 Å². The molecule has 0 saturated heterocycles. The van der Waals surface area contributed by atoms with Crippen LogP contribution in [0, 0.1) is 11.3 Å². The van der Waals surface area contributed by atoms with Crippen LogP contribution in [0.1, 0.15) is 37.0 Å². The number of rotatable bonds is 5. The number of hydrogen-bond acceptors (Lipinski definition) is 6. The standard InChI is InChI=1S/C23H23N5O2/c1-23(2,30)11-21(29)27-17-5-4-15-8-18(10-16(15)9-17)28-22-19-7-14(12-24)3-6-20(19)25-13-26-22/h3-7,9,13,18,30H,8,10-11H2,1-2H3,(H,27,29)(H,25,26,28). The second-order valence-corrected chi connectivity index (χ2v) is 8.34. The predicted octanol–water partition coefficient (Wildman–Crippen LogP) is 3.18. The predicted molar refractivity (Wildman–Crippen MR) is 115 cm³/mol. The van der Waals surface area contributed by atoms with Gasteiger partial charge in [-0.25, -0.2) is 9.97 Å². The molecule has 0 saturated carbocycles. The maximum absolute atomic E-state index is 12.1. The summed E-state index contributed by atoms with van der Waals surface area (Å²) in [7, 11) is 0. The van der Waals surface area contributed by atoms with Crippen molar-refractivity contribution in [1.82, 2.24) is 9.97 Å². The molecule has 7 nitrogen and oxygen atoms in total. The second-order valence-electron chi connectivity index (χ2n) is 8.34. The summed E-state index contributed by atoms with van der Waals surface area (Å²) in [5, 5.41) is 26.2. The van der Waals surface area contributed by atoms with Crippen LogP contribution < -0.4 is 10.6 Å². The van der Waals surface area contributed by atoms with E-state index >= 15 is 0 Å². The molecular weight excluding hydrogens is 378 g/mol. The number of nitriles is 1. The van der Waals surface area contributed by atoms with Crippen molar-refractivity contribution in [2.24, 2.45) is 0 Å². The Morgan fingerprint density at radius 3 is 2.77 bits per heavy atom. The highest BCUT2D eigenvalue weighted by atomic mass is 16.3. The number of fused-ring (bicyclic) bond motifs is 2. The lowest BCUT2D eigenvalue weighted by Crippen LogP contribution is -2.27. The van der Waals surface area contributed by atoms with Crippen LogP contribution in [0.3, 0.4) is 0 Å².